The Morgan fingerprint density at radius 1 is 1.09 bits per heavy atom. The third-order valence-corrected chi connectivity index (χ3v) is 7.43. The van der Waals surface area contributed by atoms with E-state index in [1.807, 2.05) is 36.4 Å². The summed E-state index contributed by atoms with van der Waals surface area (Å²) in [6.45, 7) is 1.73. The monoisotopic (exact) mass is 512 g/mol. The summed E-state index contributed by atoms with van der Waals surface area (Å²) < 4.78 is 11.9. The molecule has 0 spiro atoms. The number of aliphatic carboxylic acids is 1. The van der Waals surface area contributed by atoms with Gasteiger partial charge in [0.2, 0.25) is 11.8 Å². The van der Waals surface area contributed by atoms with Crippen molar-refractivity contribution >= 4 is 29.2 Å². The molecule has 2 atom stereocenters. The second-order valence-corrected chi connectivity index (χ2v) is 9.82. The summed E-state index contributed by atoms with van der Waals surface area (Å²) in [5, 5.41) is 10.4. The molecule has 5 rings (SSSR count). The minimum absolute atomic E-state index is 0.178. The number of hydrogen-bond donors (Lipinski definition) is 1. The van der Waals surface area contributed by atoms with Gasteiger partial charge < -0.3 is 14.6 Å². The average molecular weight is 513 g/mol. The van der Waals surface area contributed by atoms with Gasteiger partial charge >= 0.3 is 5.97 Å². The second kappa shape index (κ2) is 10.1. The van der Waals surface area contributed by atoms with E-state index in [0.29, 0.717) is 42.8 Å². The Labute approximate surface area is 214 Å². The number of hydrogen-bond acceptors (Lipinski definition) is 5. The Balaban J connectivity index is 1.37. The van der Waals surface area contributed by atoms with E-state index < -0.39 is 5.97 Å². The molecule has 0 radical (unpaired) electrons. The van der Waals surface area contributed by atoms with Crippen molar-refractivity contribution in [3.05, 3.63) is 75.3 Å². The van der Waals surface area contributed by atoms with E-state index in [0.717, 1.165) is 40.1 Å². The summed E-state index contributed by atoms with van der Waals surface area (Å²) in [5.41, 5.74) is 5.29. The molecule has 1 N–H and O–H groups in total. The maximum Gasteiger partial charge on any atom is 0.307 e. The lowest BCUT2D eigenvalue weighted by Crippen LogP contribution is -2.23. The van der Waals surface area contributed by atoms with Crippen molar-refractivity contribution in [2.24, 2.45) is 5.92 Å². The predicted molar refractivity (Wildman–Crippen MR) is 135 cm³/mol. The lowest BCUT2D eigenvalue weighted by molar-refractivity contribution is -0.141. The van der Waals surface area contributed by atoms with Crippen LogP contribution < -0.4 is 9.47 Å². The van der Waals surface area contributed by atoms with E-state index in [2.05, 4.69) is 22.0 Å². The molecule has 2 aromatic carbocycles. The Hall–Kier alpha value is -2.80. The summed E-state index contributed by atoms with van der Waals surface area (Å²) in [7, 11) is 1.56. The molecule has 1 saturated heterocycles. The van der Waals surface area contributed by atoms with Crippen molar-refractivity contribution in [3.8, 4) is 22.9 Å². The third-order valence-electron chi connectivity index (χ3n) is 6.83. The van der Waals surface area contributed by atoms with Gasteiger partial charge in [-0.1, -0.05) is 59.6 Å². The molecular formula is C27H26Cl2N2O4. The Morgan fingerprint density at radius 3 is 2.63 bits per heavy atom. The number of carbonyl (C=O) groups is 1. The molecule has 8 heteroatoms. The van der Waals surface area contributed by atoms with Crippen LogP contribution in [0.4, 0.5) is 0 Å². The summed E-state index contributed by atoms with van der Waals surface area (Å²) in [5.74, 6) is -0.330. The maximum atomic E-state index is 11.3. The second-order valence-electron chi connectivity index (χ2n) is 9.00. The molecule has 2 heterocycles. The molecule has 0 bridgehead atoms. The molecule has 6 nitrogen and oxygen atoms in total. The number of nitrogens with zero attached hydrogens (tertiary/aromatic N) is 2. The number of likely N-dealkylation sites (tertiary alicyclic amines) is 1. The van der Waals surface area contributed by atoms with Crippen molar-refractivity contribution in [2.45, 2.75) is 31.9 Å². The fourth-order valence-electron chi connectivity index (χ4n) is 5.09. The number of carboxylic acids is 1. The van der Waals surface area contributed by atoms with Crippen molar-refractivity contribution < 1.29 is 19.4 Å². The number of rotatable bonds is 7. The normalized spacial score (nSPS) is 19.5. The molecular weight excluding hydrogens is 487 g/mol. The summed E-state index contributed by atoms with van der Waals surface area (Å²) in [6, 6.07) is 15.9. The zero-order chi connectivity index (χ0) is 24.5. The molecule has 2 aliphatic rings. The quantitative estimate of drug-likeness (QED) is 0.416. The lowest BCUT2D eigenvalue weighted by Gasteiger charge is -2.20. The molecule has 1 aliphatic carbocycles. The standard InChI is InChI=1S/C27H26Cl2N2O4/c1-34-25-17(15-31-12-11-16(14-31)27(32)33)13-23(29)26(30-25)35-24-10-9-19-18(6-4-7-21(19)24)20-5-2-3-8-22(20)28/h2-8,13,16,24H,9-12,14-15H2,1H3,(H,32,33)/t16-,24-/m0/s1. The number of ether oxygens (including phenoxy) is 2. The van der Waals surface area contributed by atoms with Gasteiger partial charge in [-0.15, -0.1) is 0 Å². The molecule has 1 aromatic heterocycles. The van der Waals surface area contributed by atoms with Crippen LogP contribution in [-0.2, 0) is 17.8 Å². The van der Waals surface area contributed by atoms with Crippen LogP contribution in [-0.4, -0.2) is 41.2 Å². The number of benzene rings is 2. The van der Waals surface area contributed by atoms with Crippen LogP contribution >= 0.6 is 23.2 Å². The van der Waals surface area contributed by atoms with Crippen molar-refractivity contribution in [1.29, 1.82) is 0 Å². The van der Waals surface area contributed by atoms with E-state index in [4.69, 9.17) is 32.7 Å². The van der Waals surface area contributed by atoms with Gasteiger partial charge in [-0.05, 0) is 54.6 Å². The number of halogens is 2. The van der Waals surface area contributed by atoms with Crippen LogP contribution in [0.2, 0.25) is 10.0 Å². The van der Waals surface area contributed by atoms with E-state index >= 15 is 0 Å². The highest BCUT2D eigenvalue weighted by Crippen LogP contribution is 2.43. The Bertz CT molecular complexity index is 1270. The van der Waals surface area contributed by atoms with E-state index in [1.165, 1.54) is 5.56 Å². The fourth-order valence-corrected chi connectivity index (χ4v) is 5.55. The highest BCUT2D eigenvalue weighted by atomic mass is 35.5. The first-order valence-corrected chi connectivity index (χ1v) is 12.4. The van der Waals surface area contributed by atoms with Gasteiger partial charge in [0.25, 0.3) is 0 Å². The maximum absolute atomic E-state index is 11.3. The van der Waals surface area contributed by atoms with Crippen LogP contribution in [0, 0.1) is 5.92 Å². The predicted octanol–water partition coefficient (Wildman–Crippen LogP) is 6.04. The molecule has 0 amide bonds. The number of fused-ring (bicyclic) bond motifs is 1. The summed E-state index contributed by atoms with van der Waals surface area (Å²) in [4.78, 5) is 17.9. The zero-order valence-electron chi connectivity index (χ0n) is 19.3. The van der Waals surface area contributed by atoms with Crippen molar-refractivity contribution in [3.63, 3.8) is 0 Å². The van der Waals surface area contributed by atoms with Crippen molar-refractivity contribution in [1.82, 2.24) is 9.88 Å². The van der Waals surface area contributed by atoms with Gasteiger partial charge in [0.05, 0.1) is 13.0 Å². The third kappa shape index (κ3) is 4.83. The first-order valence-electron chi connectivity index (χ1n) is 11.7. The Morgan fingerprint density at radius 2 is 1.89 bits per heavy atom. The molecule has 0 saturated carbocycles. The van der Waals surface area contributed by atoms with Crippen LogP contribution in [0.1, 0.15) is 35.6 Å². The van der Waals surface area contributed by atoms with Gasteiger partial charge in [0, 0.05) is 29.2 Å². The number of methoxy groups -OCH3 is 1. The minimum Gasteiger partial charge on any atom is -0.481 e. The van der Waals surface area contributed by atoms with Gasteiger partial charge in [0.15, 0.2) is 0 Å². The molecule has 1 aliphatic heterocycles. The highest BCUT2D eigenvalue weighted by molar-refractivity contribution is 6.33. The van der Waals surface area contributed by atoms with Crippen LogP contribution in [0.15, 0.2) is 48.5 Å². The van der Waals surface area contributed by atoms with E-state index in [9.17, 15) is 9.90 Å². The largest absolute Gasteiger partial charge is 0.481 e. The fraction of sp³-hybridized carbons (Fsp3) is 0.333. The van der Waals surface area contributed by atoms with Crippen LogP contribution in [0.5, 0.6) is 11.8 Å². The van der Waals surface area contributed by atoms with Crippen LogP contribution in [0.3, 0.4) is 0 Å². The van der Waals surface area contributed by atoms with Gasteiger partial charge in [-0.3, -0.25) is 9.69 Å². The minimum atomic E-state index is -0.756. The Kier molecular flexibility index (Phi) is 6.87. The zero-order valence-corrected chi connectivity index (χ0v) is 20.9. The van der Waals surface area contributed by atoms with E-state index in [1.54, 1.807) is 7.11 Å². The summed E-state index contributed by atoms with van der Waals surface area (Å²) >= 11 is 13.1. The molecule has 1 fully saturated rings. The average Bonchev–Trinajstić information content (AvgIpc) is 3.48. The molecule has 0 unspecified atom stereocenters. The van der Waals surface area contributed by atoms with Crippen molar-refractivity contribution in [2.75, 3.05) is 20.2 Å². The SMILES string of the molecule is COc1nc(O[C@H]2CCc3c(-c4ccccc4Cl)cccc32)c(Cl)cc1CN1CC[C@H](C(=O)O)C1. The lowest BCUT2D eigenvalue weighted by atomic mass is 9.97. The van der Waals surface area contributed by atoms with E-state index in [-0.39, 0.29) is 12.0 Å². The topological polar surface area (TPSA) is 71.9 Å². The molecule has 3 aromatic rings. The van der Waals surface area contributed by atoms with Gasteiger partial charge in [0.1, 0.15) is 11.1 Å². The smallest absolute Gasteiger partial charge is 0.307 e. The summed E-state index contributed by atoms with van der Waals surface area (Å²) in [6.07, 6.45) is 2.14. The van der Waals surface area contributed by atoms with Gasteiger partial charge in [-0.25, -0.2) is 0 Å². The number of aromatic nitrogens is 1. The highest BCUT2D eigenvalue weighted by Gasteiger charge is 2.30. The van der Waals surface area contributed by atoms with Crippen LogP contribution in [0.25, 0.3) is 11.1 Å². The van der Waals surface area contributed by atoms with Gasteiger partial charge in [-0.2, -0.15) is 4.98 Å². The molecule has 35 heavy (non-hydrogen) atoms. The first kappa shape index (κ1) is 23.9. The first-order chi connectivity index (χ1) is 16.9. The number of pyridine rings is 1. The number of carboxylic acid groups (broad SMARTS) is 1. The molecule has 182 valence electrons.